The van der Waals surface area contributed by atoms with Crippen LogP contribution in [0, 0.1) is 13.8 Å². The van der Waals surface area contributed by atoms with E-state index >= 15 is 0 Å². The molecule has 2 rings (SSSR count). The Labute approximate surface area is 122 Å². The van der Waals surface area contributed by atoms with Crippen LogP contribution in [-0.4, -0.2) is 17.0 Å². The number of nitrogens with one attached hydrogen (secondary N) is 1. The summed E-state index contributed by atoms with van der Waals surface area (Å²) in [5, 5.41) is 3.86. The van der Waals surface area contributed by atoms with Gasteiger partial charge in [-0.3, -0.25) is 0 Å². The Morgan fingerprint density at radius 3 is 2.47 bits per heavy atom. The van der Waals surface area contributed by atoms with Gasteiger partial charge in [0, 0.05) is 28.2 Å². The summed E-state index contributed by atoms with van der Waals surface area (Å²) in [5.74, 6) is 2.49. The zero-order chi connectivity index (χ0) is 13.8. The first-order valence-electron chi connectivity index (χ1n) is 6.00. The average Bonchev–Trinajstić information content (AvgIpc) is 2.41. The molecule has 0 aliphatic heterocycles. The fraction of sp³-hybridized carbons (Fsp3) is 0.286. The minimum atomic E-state index is 0.747. The van der Waals surface area contributed by atoms with Gasteiger partial charge in [-0.2, -0.15) is 0 Å². The topological polar surface area (TPSA) is 37.8 Å². The second-order valence-corrected chi connectivity index (χ2v) is 5.68. The van der Waals surface area contributed by atoms with Crippen molar-refractivity contribution in [3.8, 4) is 0 Å². The van der Waals surface area contributed by atoms with Crippen LogP contribution in [0.3, 0.4) is 0 Å². The van der Waals surface area contributed by atoms with Gasteiger partial charge in [-0.05, 0) is 38.1 Å². The van der Waals surface area contributed by atoms with E-state index in [0.29, 0.717) is 0 Å². The number of rotatable bonds is 4. The van der Waals surface area contributed by atoms with Gasteiger partial charge < -0.3 is 5.32 Å². The summed E-state index contributed by atoms with van der Waals surface area (Å²) >= 11 is 7.57. The van der Waals surface area contributed by atoms with Gasteiger partial charge in [-0.15, -0.1) is 11.8 Å². The molecular formula is C14H16ClN3S. The first-order valence-corrected chi connectivity index (χ1v) is 7.36. The van der Waals surface area contributed by atoms with E-state index in [1.807, 2.05) is 45.2 Å². The zero-order valence-corrected chi connectivity index (χ0v) is 12.8. The van der Waals surface area contributed by atoms with Crippen molar-refractivity contribution < 1.29 is 0 Å². The molecule has 0 spiro atoms. The maximum Gasteiger partial charge on any atom is 0.141 e. The van der Waals surface area contributed by atoms with E-state index in [9.17, 15) is 0 Å². The Morgan fingerprint density at radius 1 is 1.16 bits per heavy atom. The van der Waals surface area contributed by atoms with Crippen LogP contribution >= 0.6 is 23.4 Å². The summed E-state index contributed by atoms with van der Waals surface area (Å²) in [6, 6.07) is 7.80. The summed E-state index contributed by atoms with van der Waals surface area (Å²) in [5.41, 5.74) is 2.12. The van der Waals surface area contributed by atoms with Gasteiger partial charge in [0.15, 0.2) is 0 Å². The Morgan fingerprint density at radius 2 is 1.84 bits per heavy atom. The predicted octanol–water partition coefficient (Wildman–Crippen LogP) is 4.08. The lowest BCUT2D eigenvalue weighted by molar-refractivity contribution is 0.974. The molecule has 100 valence electrons. The highest BCUT2D eigenvalue weighted by atomic mass is 35.5. The minimum Gasteiger partial charge on any atom is -0.373 e. The standard InChI is InChI=1S/C14H16ClN3S/c1-9-10(2)17-13(18-14(9)16-3)8-19-12-6-4-11(15)5-7-12/h4-7H,8H2,1-3H3,(H,16,17,18). The molecule has 0 saturated heterocycles. The van der Waals surface area contributed by atoms with Crippen molar-refractivity contribution in [1.29, 1.82) is 0 Å². The van der Waals surface area contributed by atoms with Crippen molar-refractivity contribution >= 4 is 29.2 Å². The van der Waals surface area contributed by atoms with Gasteiger partial charge in [-0.1, -0.05) is 11.6 Å². The molecule has 3 nitrogen and oxygen atoms in total. The molecule has 1 N–H and O–H groups in total. The van der Waals surface area contributed by atoms with Crippen LogP contribution in [0.2, 0.25) is 5.02 Å². The van der Waals surface area contributed by atoms with Crippen LogP contribution in [0.1, 0.15) is 17.1 Å². The number of anilines is 1. The normalized spacial score (nSPS) is 10.5. The molecule has 1 aromatic heterocycles. The third-order valence-corrected chi connectivity index (χ3v) is 4.11. The van der Waals surface area contributed by atoms with Crippen LogP contribution in [0.4, 0.5) is 5.82 Å². The molecule has 5 heteroatoms. The molecule has 0 fully saturated rings. The molecule has 0 saturated carbocycles. The van der Waals surface area contributed by atoms with E-state index < -0.39 is 0 Å². The molecule has 0 radical (unpaired) electrons. The molecule has 1 heterocycles. The zero-order valence-electron chi connectivity index (χ0n) is 11.2. The third-order valence-electron chi connectivity index (χ3n) is 2.85. The number of aromatic nitrogens is 2. The fourth-order valence-corrected chi connectivity index (χ4v) is 2.55. The summed E-state index contributed by atoms with van der Waals surface area (Å²) < 4.78 is 0. The van der Waals surface area contributed by atoms with Crippen LogP contribution in [-0.2, 0) is 5.75 Å². The van der Waals surface area contributed by atoms with Gasteiger partial charge in [0.25, 0.3) is 0 Å². The van der Waals surface area contributed by atoms with E-state index in [4.69, 9.17) is 11.6 Å². The van der Waals surface area contributed by atoms with Gasteiger partial charge in [0.05, 0.1) is 5.75 Å². The minimum absolute atomic E-state index is 0.747. The summed E-state index contributed by atoms with van der Waals surface area (Å²) in [7, 11) is 1.88. The fourth-order valence-electron chi connectivity index (χ4n) is 1.67. The second-order valence-electron chi connectivity index (χ2n) is 4.19. The maximum absolute atomic E-state index is 5.86. The number of aryl methyl sites for hydroxylation is 1. The second kappa shape index (κ2) is 6.26. The van der Waals surface area contributed by atoms with Crippen molar-refractivity contribution in [3.63, 3.8) is 0 Å². The largest absolute Gasteiger partial charge is 0.373 e. The maximum atomic E-state index is 5.86. The van der Waals surface area contributed by atoms with Crippen LogP contribution in [0.25, 0.3) is 0 Å². The lowest BCUT2D eigenvalue weighted by Crippen LogP contribution is -2.04. The highest BCUT2D eigenvalue weighted by molar-refractivity contribution is 7.98. The first-order chi connectivity index (χ1) is 9.10. The van der Waals surface area contributed by atoms with Crippen molar-refractivity contribution in [3.05, 3.63) is 46.4 Å². The first kappa shape index (κ1) is 14.2. The lowest BCUT2D eigenvalue weighted by Gasteiger charge is -2.09. The van der Waals surface area contributed by atoms with Crippen molar-refractivity contribution in [2.75, 3.05) is 12.4 Å². The molecule has 0 atom stereocenters. The van der Waals surface area contributed by atoms with E-state index in [0.717, 1.165) is 38.6 Å². The third kappa shape index (κ3) is 3.61. The molecule has 1 aromatic carbocycles. The van der Waals surface area contributed by atoms with Crippen LogP contribution in [0.15, 0.2) is 29.2 Å². The van der Waals surface area contributed by atoms with Gasteiger partial charge >= 0.3 is 0 Å². The molecule has 2 aromatic rings. The van der Waals surface area contributed by atoms with E-state index in [1.165, 1.54) is 0 Å². The number of hydrogen-bond acceptors (Lipinski definition) is 4. The number of halogens is 1. The highest BCUT2D eigenvalue weighted by Gasteiger charge is 2.07. The van der Waals surface area contributed by atoms with Gasteiger partial charge in [0.2, 0.25) is 0 Å². The molecule has 0 aliphatic carbocycles. The van der Waals surface area contributed by atoms with E-state index in [-0.39, 0.29) is 0 Å². The number of benzene rings is 1. The number of hydrogen-bond donors (Lipinski definition) is 1. The number of thioether (sulfide) groups is 1. The van der Waals surface area contributed by atoms with Crippen LogP contribution < -0.4 is 5.32 Å². The Balaban J connectivity index is 2.11. The smallest absolute Gasteiger partial charge is 0.141 e. The molecular weight excluding hydrogens is 278 g/mol. The van der Waals surface area contributed by atoms with Crippen molar-refractivity contribution in [1.82, 2.24) is 9.97 Å². The van der Waals surface area contributed by atoms with Crippen LogP contribution in [0.5, 0.6) is 0 Å². The SMILES string of the molecule is CNc1nc(CSc2ccc(Cl)cc2)nc(C)c1C. The Bertz CT molecular complexity index is 570. The lowest BCUT2D eigenvalue weighted by atomic mass is 10.2. The van der Waals surface area contributed by atoms with Gasteiger partial charge in [0.1, 0.15) is 11.6 Å². The highest BCUT2D eigenvalue weighted by Crippen LogP contribution is 2.24. The van der Waals surface area contributed by atoms with Crippen molar-refractivity contribution in [2.45, 2.75) is 24.5 Å². The Hall–Kier alpha value is -1.26. The molecule has 0 aliphatic rings. The average molecular weight is 294 g/mol. The van der Waals surface area contributed by atoms with Gasteiger partial charge in [-0.25, -0.2) is 9.97 Å². The molecule has 0 amide bonds. The Kier molecular flexibility index (Phi) is 4.66. The van der Waals surface area contributed by atoms with Crippen molar-refractivity contribution in [2.24, 2.45) is 0 Å². The number of nitrogens with zero attached hydrogens (tertiary/aromatic N) is 2. The monoisotopic (exact) mass is 293 g/mol. The van der Waals surface area contributed by atoms with E-state index in [2.05, 4.69) is 15.3 Å². The van der Waals surface area contributed by atoms with E-state index in [1.54, 1.807) is 11.8 Å². The summed E-state index contributed by atoms with van der Waals surface area (Å²) in [6.45, 7) is 4.03. The quantitative estimate of drug-likeness (QED) is 0.862. The molecule has 0 unspecified atom stereocenters. The summed E-state index contributed by atoms with van der Waals surface area (Å²) in [6.07, 6.45) is 0. The predicted molar refractivity (Wildman–Crippen MR) is 82.1 cm³/mol. The molecule has 19 heavy (non-hydrogen) atoms. The summed E-state index contributed by atoms with van der Waals surface area (Å²) in [4.78, 5) is 10.2. The molecule has 0 bridgehead atoms.